The zero-order valence-electron chi connectivity index (χ0n) is 7.76. The predicted octanol–water partition coefficient (Wildman–Crippen LogP) is 0.476. The highest BCUT2D eigenvalue weighted by molar-refractivity contribution is 7.80. The summed E-state index contributed by atoms with van der Waals surface area (Å²) in [5.74, 6) is 0.163. The third-order valence-corrected chi connectivity index (χ3v) is 1.86. The zero-order chi connectivity index (χ0) is 9.72. The number of amides is 1. The van der Waals surface area contributed by atoms with Crippen molar-refractivity contribution in [3.8, 4) is 0 Å². The van der Waals surface area contributed by atoms with Crippen LogP contribution in [0.15, 0.2) is 0 Å². The summed E-state index contributed by atoms with van der Waals surface area (Å²) in [6.45, 7) is 5.87. The fourth-order valence-corrected chi connectivity index (χ4v) is 1.30. The van der Waals surface area contributed by atoms with E-state index in [4.69, 9.17) is 18.0 Å². The maximum absolute atomic E-state index is 10.9. The first-order valence-corrected chi connectivity index (χ1v) is 4.39. The standard InChI is InChI=1S/C8H16N2OS/c1-5(2)8(6(3)12)10-7(11)4-9/h5,8H,4,9H2,1-3H3,(H,10,11). The highest BCUT2D eigenvalue weighted by Gasteiger charge is 2.16. The molecular formula is C8H16N2OS. The van der Waals surface area contributed by atoms with Gasteiger partial charge in [-0.15, -0.1) is 0 Å². The number of rotatable bonds is 4. The lowest BCUT2D eigenvalue weighted by Crippen LogP contribution is -2.45. The van der Waals surface area contributed by atoms with Crippen LogP contribution >= 0.6 is 12.2 Å². The molecule has 3 nitrogen and oxygen atoms in total. The minimum absolute atomic E-state index is 0.0197. The fourth-order valence-electron chi connectivity index (χ4n) is 0.970. The van der Waals surface area contributed by atoms with Crippen LogP contribution in [-0.2, 0) is 4.79 Å². The second-order valence-corrected chi connectivity index (χ2v) is 3.75. The predicted molar refractivity (Wildman–Crippen MR) is 54.1 cm³/mol. The number of nitrogens with one attached hydrogen (secondary N) is 1. The molecule has 12 heavy (non-hydrogen) atoms. The third kappa shape index (κ3) is 3.78. The Labute approximate surface area is 78.7 Å². The van der Waals surface area contributed by atoms with Gasteiger partial charge in [0.1, 0.15) is 0 Å². The molecule has 1 amide bonds. The van der Waals surface area contributed by atoms with E-state index in [1.54, 1.807) is 0 Å². The van der Waals surface area contributed by atoms with Crippen molar-refractivity contribution in [1.82, 2.24) is 5.32 Å². The van der Waals surface area contributed by atoms with Crippen LogP contribution in [0.25, 0.3) is 0 Å². The van der Waals surface area contributed by atoms with Crippen molar-refractivity contribution in [3.63, 3.8) is 0 Å². The molecule has 0 aliphatic rings. The Kier molecular flexibility index (Phi) is 5.01. The lowest BCUT2D eigenvalue weighted by Gasteiger charge is -2.20. The van der Waals surface area contributed by atoms with Gasteiger partial charge in [0, 0.05) is 4.86 Å². The molecule has 0 spiro atoms. The second kappa shape index (κ2) is 5.22. The molecule has 0 aromatic heterocycles. The summed E-state index contributed by atoms with van der Waals surface area (Å²) < 4.78 is 0. The molecule has 0 saturated carbocycles. The Morgan fingerprint density at radius 3 is 2.33 bits per heavy atom. The van der Waals surface area contributed by atoms with Gasteiger partial charge < -0.3 is 11.1 Å². The van der Waals surface area contributed by atoms with E-state index in [-0.39, 0.29) is 18.5 Å². The maximum atomic E-state index is 10.9. The average molecular weight is 188 g/mol. The Hall–Kier alpha value is -0.480. The highest BCUT2D eigenvalue weighted by atomic mass is 32.1. The summed E-state index contributed by atoms with van der Waals surface area (Å²) in [5.41, 5.74) is 5.17. The van der Waals surface area contributed by atoms with Crippen LogP contribution in [0.5, 0.6) is 0 Å². The van der Waals surface area contributed by atoms with Gasteiger partial charge in [-0.1, -0.05) is 26.1 Å². The van der Waals surface area contributed by atoms with Gasteiger partial charge in [0.2, 0.25) is 5.91 Å². The molecule has 0 fully saturated rings. The maximum Gasteiger partial charge on any atom is 0.234 e. The van der Waals surface area contributed by atoms with Crippen LogP contribution in [0.2, 0.25) is 0 Å². The molecule has 0 aliphatic carbocycles. The minimum Gasteiger partial charge on any atom is -0.347 e. The molecule has 0 heterocycles. The fraction of sp³-hybridized carbons (Fsp3) is 0.750. The van der Waals surface area contributed by atoms with E-state index in [2.05, 4.69) is 5.32 Å². The van der Waals surface area contributed by atoms with E-state index >= 15 is 0 Å². The Morgan fingerprint density at radius 1 is 1.58 bits per heavy atom. The first kappa shape index (κ1) is 11.5. The molecule has 0 bridgehead atoms. The quantitative estimate of drug-likeness (QED) is 0.631. The molecule has 0 saturated heterocycles. The SMILES string of the molecule is CC(=S)C(NC(=O)CN)C(C)C. The molecule has 1 unspecified atom stereocenters. The normalized spacial score (nSPS) is 12.8. The smallest absolute Gasteiger partial charge is 0.234 e. The number of hydrogen-bond acceptors (Lipinski definition) is 3. The van der Waals surface area contributed by atoms with Crippen LogP contribution in [0.3, 0.4) is 0 Å². The van der Waals surface area contributed by atoms with E-state index in [1.807, 2.05) is 20.8 Å². The van der Waals surface area contributed by atoms with Gasteiger partial charge in [0.15, 0.2) is 0 Å². The summed E-state index contributed by atoms with van der Waals surface area (Å²) >= 11 is 5.00. The first-order chi connectivity index (χ1) is 5.49. The van der Waals surface area contributed by atoms with Gasteiger partial charge in [-0.05, 0) is 12.8 Å². The number of carbonyl (C=O) groups excluding carboxylic acids is 1. The van der Waals surface area contributed by atoms with Crippen molar-refractivity contribution in [1.29, 1.82) is 0 Å². The lowest BCUT2D eigenvalue weighted by atomic mass is 10.0. The molecule has 3 N–H and O–H groups in total. The van der Waals surface area contributed by atoms with E-state index < -0.39 is 0 Å². The molecule has 4 heteroatoms. The molecular weight excluding hydrogens is 172 g/mol. The minimum atomic E-state index is -0.155. The summed E-state index contributed by atoms with van der Waals surface area (Å²) in [4.78, 5) is 11.7. The first-order valence-electron chi connectivity index (χ1n) is 3.99. The van der Waals surface area contributed by atoms with Crippen molar-refractivity contribution < 1.29 is 4.79 Å². The zero-order valence-corrected chi connectivity index (χ0v) is 8.57. The average Bonchev–Trinajstić information content (AvgIpc) is 1.98. The van der Waals surface area contributed by atoms with Crippen molar-refractivity contribution in [2.75, 3.05) is 6.54 Å². The van der Waals surface area contributed by atoms with Gasteiger partial charge in [-0.25, -0.2) is 0 Å². The Bertz CT molecular complexity index is 180. The monoisotopic (exact) mass is 188 g/mol. The molecule has 0 aliphatic heterocycles. The molecule has 0 rings (SSSR count). The van der Waals surface area contributed by atoms with Crippen LogP contribution in [0.4, 0.5) is 0 Å². The summed E-state index contributed by atoms with van der Waals surface area (Å²) in [6, 6.07) is -0.0314. The molecule has 70 valence electrons. The topological polar surface area (TPSA) is 55.1 Å². The van der Waals surface area contributed by atoms with E-state index in [0.717, 1.165) is 4.86 Å². The number of thiocarbonyl (C=S) groups is 1. The molecule has 0 aromatic rings. The van der Waals surface area contributed by atoms with Crippen molar-refractivity contribution in [2.24, 2.45) is 11.7 Å². The summed E-state index contributed by atoms with van der Waals surface area (Å²) in [7, 11) is 0. The number of nitrogens with two attached hydrogens (primary N) is 1. The third-order valence-electron chi connectivity index (χ3n) is 1.61. The Balaban J connectivity index is 4.14. The molecule has 1 atom stereocenters. The molecule has 0 radical (unpaired) electrons. The highest BCUT2D eigenvalue weighted by Crippen LogP contribution is 2.03. The summed E-state index contributed by atoms with van der Waals surface area (Å²) in [6.07, 6.45) is 0. The lowest BCUT2D eigenvalue weighted by molar-refractivity contribution is -0.120. The van der Waals surface area contributed by atoms with Crippen LogP contribution in [-0.4, -0.2) is 23.4 Å². The van der Waals surface area contributed by atoms with Gasteiger partial charge >= 0.3 is 0 Å². The van der Waals surface area contributed by atoms with Crippen molar-refractivity contribution in [2.45, 2.75) is 26.8 Å². The van der Waals surface area contributed by atoms with E-state index in [9.17, 15) is 4.79 Å². The van der Waals surface area contributed by atoms with E-state index in [1.165, 1.54) is 0 Å². The Morgan fingerprint density at radius 2 is 2.08 bits per heavy atom. The van der Waals surface area contributed by atoms with Crippen LogP contribution in [0.1, 0.15) is 20.8 Å². The van der Waals surface area contributed by atoms with Crippen molar-refractivity contribution in [3.05, 3.63) is 0 Å². The number of hydrogen-bond donors (Lipinski definition) is 2. The van der Waals surface area contributed by atoms with Gasteiger partial charge in [-0.3, -0.25) is 4.79 Å². The summed E-state index contributed by atoms with van der Waals surface area (Å²) in [5, 5.41) is 2.76. The molecule has 0 aromatic carbocycles. The largest absolute Gasteiger partial charge is 0.347 e. The van der Waals surface area contributed by atoms with E-state index in [0.29, 0.717) is 5.92 Å². The van der Waals surface area contributed by atoms with Crippen LogP contribution in [0, 0.1) is 5.92 Å². The number of carbonyl (C=O) groups is 1. The van der Waals surface area contributed by atoms with Crippen molar-refractivity contribution >= 4 is 23.0 Å². The van der Waals surface area contributed by atoms with Gasteiger partial charge in [-0.2, -0.15) is 0 Å². The van der Waals surface area contributed by atoms with Crippen LogP contribution < -0.4 is 11.1 Å². The van der Waals surface area contributed by atoms with Gasteiger partial charge in [0.05, 0.1) is 12.6 Å². The second-order valence-electron chi connectivity index (χ2n) is 3.10. The van der Waals surface area contributed by atoms with Gasteiger partial charge in [0.25, 0.3) is 0 Å².